The van der Waals surface area contributed by atoms with Crippen molar-refractivity contribution in [3.63, 3.8) is 0 Å². The van der Waals surface area contributed by atoms with Crippen LogP contribution in [0.5, 0.6) is 11.5 Å². The van der Waals surface area contributed by atoms with E-state index in [9.17, 15) is 0 Å². The van der Waals surface area contributed by atoms with Crippen molar-refractivity contribution in [1.29, 1.82) is 0 Å². The van der Waals surface area contributed by atoms with Gasteiger partial charge in [-0.1, -0.05) is 152 Å². The molecule has 8 aromatic rings. The molecule has 0 bridgehead atoms. The molecule has 5 unspecified atom stereocenters. The summed E-state index contributed by atoms with van der Waals surface area (Å²) in [4.78, 5) is 15.3. The number of furan rings is 1. The summed E-state index contributed by atoms with van der Waals surface area (Å²) < 4.78 is 13.3. The average molecular weight is 736 g/mol. The van der Waals surface area contributed by atoms with Gasteiger partial charge in [0.05, 0.1) is 5.41 Å². The van der Waals surface area contributed by atoms with Gasteiger partial charge in [-0.25, -0.2) is 15.0 Å². The smallest absolute Gasteiger partial charge is 0.163 e. The molecule has 57 heavy (non-hydrogen) atoms. The van der Waals surface area contributed by atoms with Crippen LogP contribution in [0.4, 0.5) is 0 Å². The minimum Gasteiger partial charge on any atom is -0.456 e. The molecule has 6 aromatic carbocycles. The third kappa shape index (κ3) is 4.85. The Morgan fingerprint density at radius 3 is 2.11 bits per heavy atom. The number of benzene rings is 6. The van der Waals surface area contributed by atoms with Crippen LogP contribution in [-0.4, -0.2) is 15.0 Å². The average Bonchev–Trinajstić information content (AvgIpc) is 3.80. The van der Waals surface area contributed by atoms with Crippen LogP contribution >= 0.6 is 0 Å². The highest BCUT2D eigenvalue weighted by Gasteiger charge is 2.56. The van der Waals surface area contributed by atoms with Crippen LogP contribution in [0.25, 0.3) is 44.7 Å². The maximum atomic E-state index is 7.02. The van der Waals surface area contributed by atoms with Gasteiger partial charge in [-0.05, 0) is 48.2 Å². The van der Waals surface area contributed by atoms with Gasteiger partial charge in [0, 0.05) is 62.3 Å². The van der Waals surface area contributed by atoms with Crippen LogP contribution in [0.1, 0.15) is 64.2 Å². The van der Waals surface area contributed by atoms with Crippen molar-refractivity contribution in [2.75, 3.05) is 0 Å². The van der Waals surface area contributed by atoms with Crippen LogP contribution in [0.2, 0.25) is 0 Å². The molecule has 0 N–H and O–H groups in total. The number of fused-ring (bicyclic) bond motifs is 12. The van der Waals surface area contributed by atoms with Gasteiger partial charge in [0.1, 0.15) is 28.5 Å². The van der Waals surface area contributed by atoms with Gasteiger partial charge in [-0.3, -0.25) is 0 Å². The maximum Gasteiger partial charge on any atom is 0.163 e. The SMILES string of the molecule is C1=CC2c3ccccc3C3(c4ccccc4Oc4c(C5C=CC(c6nc(-c7ccccc7)nc(-c7ccc8c(c7)oc7ccccc78)n6)CC5)cccc43)C2C=C1. The lowest BCUT2D eigenvalue weighted by atomic mass is 9.61. The molecule has 0 saturated heterocycles. The summed E-state index contributed by atoms with van der Waals surface area (Å²) in [6.45, 7) is 0. The lowest BCUT2D eigenvalue weighted by Crippen LogP contribution is -2.38. The molecule has 1 spiro atoms. The van der Waals surface area contributed by atoms with Crippen LogP contribution in [0, 0.1) is 5.92 Å². The molecule has 3 aliphatic carbocycles. The minimum atomic E-state index is -0.357. The predicted molar refractivity (Wildman–Crippen MR) is 226 cm³/mol. The number of rotatable bonds is 4. The van der Waals surface area contributed by atoms with Gasteiger partial charge in [0.2, 0.25) is 0 Å². The molecule has 3 heterocycles. The molecule has 5 atom stereocenters. The fourth-order valence-corrected chi connectivity index (χ4v) is 10.3. The zero-order valence-corrected chi connectivity index (χ0v) is 31.1. The second-order valence-corrected chi connectivity index (χ2v) is 15.7. The van der Waals surface area contributed by atoms with E-state index in [1.807, 2.05) is 36.4 Å². The highest BCUT2D eigenvalue weighted by molar-refractivity contribution is 6.05. The molecule has 5 nitrogen and oxygen atoms in total. The summed E-state index contributed by atoms with van der Waals surface area (Å²) >= 11 is 0. The van der Waals surface area contributed by atoms with E-state index in [2.05, 4.69) is 140 Å². The summed E-state index contributed by atoms with van der Waals surface area (Å²) in [7, 11) is 0. The van der Waals surface area contributed by atoms with Gasteiger partial charge in [0.15, 0.2) is 11.6 Å². The van der Waals surface area contributed by atoms with E-state index in [0.717, 1.165) is 63.2 Å². The van der Waals surface area contributed by atoms with Crippen molar-refractivity contribution in [3.8, 4) is 34.3 Å². The van der Waals surface area contributed by atoms with Crippen molar-refractivity contribution in [2.45, 2.75) is 36.0 Å². The Morgan fingerprint density at radius 1 is 0.509 bits per heavy atom. The highest BCUT2D eigenvalue weighted by Crippen LogP contribution is 2.65. The van der Waals surface area contributed by atoms with Crippen molar-refractivity contribution in [1.82, 2.24) is 15.0 Å². The quantitative estimate of drug-likeness (QED) is 0.168. The highest BCUT2D eigenvalue weighted by atomic mass is 16.5. The maximum absolute atomic E-state index is 7.02. The second-order valence-electron chi connectivity index (χ2n) is 15.7. The summed E-state index contributed by atoms with van der Waals surface area (Å²) in [6, 6.07) is 49.2. The normalized spacial score (nSPS) is 22.6. The molecule has 1 aliphatic heterocycles. The van der Waals surface area contributed by atoms with Gasteiger partial charge >= 0.3 is 0 Å². The first kappa shape index (κ1) is 32.4. The molecule has 2 aromatic heterocycles. The van der Waals surface area contributed by atoms with E-state index < -0.39 is 0 Å². The van der Waals surface area contributed by atoms with Gasteiger partial charge in [-0.15, -0.1) is 0 Å². The molecule has 272 valence electrons. The number of aromatic nitrogens is 3. The lowest BCUT2D eigenvalue weighted by Gasteiger charge is -2.44. The fraction of sp³-hybridized carbons (Fsp3) is 0.135. The Labute approximate surface area is 330 Å². The summed E-state index contributed by atoms with van der Waals surface area (Å²) in [5, 5.41) is 2.19. The minimum absolute atomic E-state index is 0.0366. The third-order valence-electron chi connectivity index (χ3n) is 12.8. The summed E-state index contributed by atoms with van der Waals surface area (Å²) in [6.07, 6.45) is 15.8. The summed E-state index contributed by atoms with van der Waals surface area (Å²) in [5.41, 5.74) is 9.72. The molecule has 4 aliphatic rings. The monoisotopic (exact) mass is 735 g/mol. The Hall–Kier alpha value is -6.85. The van der Waals surface area contributed by atoms with Crippen molar-refractivity contribution < 1.29 is 9.15 Å². The molecule has 0 amide bonds. The molecular weight excluding hydrogens is 699 g/mol. The fourth-order valence-electron chi connectivity index (χ4n) is 10.3. The van der Waals surface area contributed by atoms with Crippen LogP contribution in [-0.2, 0) is 5.41 Å². The third-order valence-corrected chi connectivity index (χ3v) is 12.8. The van der Waals surface area contributed by atoms with Gasteiger partial charge in [0.25, 0.3) is 0 Å². The van der Waals surface area contributed by atoms with E-state index >= 15 is 0 Å². The Balaban J connectivity index is 0.942. The first-order chi connectivity index (χ1) is 28.2. The molecule has 12 rings (SSSR count). The second kappa shape index (κ2) is 12.6. The molecule has 5 heteroatoms. The zero-order chi connectivity index (χ0) is 37.5. The van der Waals surface area contributed by atoms with Crippen LogP contribution in [0.15, 0.2) is 180 Å². The number of hydrogen-bond acceptors (Lipinski definition) is 5. The van der Waals surface area contributed by atoms with Crippen molar-refractivity contribution >= 4 is 21.9 Å². The standard InChI is InChI=1S/C52H37N3O2/c1-2-13-33(14-3-1)49-53-50(55-51(54-49)35-29-30-40-39-17-6-10-23-45(39)56-47(40)31-35)34-27-25-32(26-28-34)36-18-12-22-44-48(36)57-46-24-11-9-21-43(46)52(44)41-19-7-4-15-37(41)38-16-5-8-20-42(38)52/h1-25,27,29-32,34,37,41H,26,28H2. The lowest BCUT2D eigenvalue weighted by molar-refractivity contribution is 0.369. The molecule has 0 saturated carbocycles. The Morgan fingerprint density at radius 2 is 1.21 bits per heavy atom. The number of ether oxygens (including phenoxy) is 1. The van der Waals surface area contributed by atoms with Crippen LogP contribution in [0.3, 0.4) is 0 Å². The van der Waals surface area contributed by atoms with Crippen molar-refractivity contribution in [2.24, 2.45) is 5.92 Å². The topological polar surface area (TPSA) is 61.0 Å². The zero-order valence-electron chi connectivity index (χ0n) is 31.1. The molecule has 0 radical (unpaired) electrons. The van der Waals surface area contributed by atoms with E-state index in [-0.39, 0.29) is 23.2 Å². The first-order valence-electron chi connectivity index (χ1n) is 20.0. The number of para-hydroxylation sites is 3. The Bertz CT molecular complexity index is 3000. The van der Waals surface area contributed by atoms with Crippen LogP contribution < -0.4 is 4.74 Å². The van der Waals surface area contributed by atoms with Gasteiger partial charge < -0.3 is 9.15 Å². The van der Waals surface area contributed by atoms with Gasteiger partial charge in [-0.2, -0.15) is 0 Å². The first-order valence-corrected chi connectivity index (χ1v) is 20.0. The largest absolute Gasteiger partial charge is 0.456 e. The molecule has 0 fully saturated rings. The predicted octanol–water partition coefficient (Wildman–Crippen LogP) is 12.6. The number of allylic oxidation sites excluding steroid dienone is 6. The number of nitrogens with zero attached hydrogens (tertiary/aromatic N) is 3. The summed E-state index contributed by atoms with van der Waals surface area (Å²) in [5.74, 6) is 4.81. The van der Waals surface area contributed by atoms with E-state index in [1.165, 1.54) is 27.8 Å². The van der Waals surface area contributed by atoms with E-state index in [0.29, 0.717) is 17.6 Å². The van der Waals surface area contributed by atoms with E-state index in [4.69, 9.17) is 24.1 Å². The Kier molecular flexibility index (Phi) is 7.15. The molecular formula is C52H37N3O2. The van der Waals surface area contributed by atoms with Crippen molar-refractivity contribution in [3.05, 3.63) is 210 Å². The number of hydrogen-bond donors (Lipinski definition) is 0. The van der Waals surface area contributed by atoms with E-state index in [1.54, 1.807) is 0 Å².